The minimum Gasteiger partial charge on any atom is -0.496 e. The Kier molecular flexibility index (Phi) is 4.92. The first kappa shape index (κ1) is 14.7. The van der Waals surface area contributed by atoms with Crippen LogP contribution in [0.5, 0.6) is 5.75 Å². The van der Waals surface area contributed by atoms with E-state index in [0.717, 1.165) is 0 Å². The van der Waals surface area contributed by atoms with Crippen LogP contribution < -0.4 is 4.74 Å². The van der Waals surface area contributed by atoms with Crippen molar-refractivity contribution in [3.05, 3.63) is 29.6 Å². The average molecular weight is 282 g/mol. The fourth-order valence-electron chi connectivity index (χ4n) is 2.36. The smallest absolute Gasteiger partial charge is 0.260 e. The number of hydrogen-bond acceptors (Lipinski definition) is 4. The predicted octanol–water partition coefficient (Wildman–Crippen LogP) is 0.584. The molecule has 0 aliphatic carbocycles. The van der Waals surface area contributed by atoms with Gasteiger partial charge in [-0.3, -0.25) is 9.69 Å². The zero-order valence-electron chi connectivity index (χ0n) is 11.5. The third-order valence-corrected chi connectivity index (χ3v) is 3.48. The normalized spacial score (nSPS) is 16.2. The number of β-amino-alcohol motifs (C(OH)–C–C–N with tert-alkyl or cyclic N) is 1. The highest BCUT2D eigenvalue weighted by atomic mass is 19.1. The largest absolute Gasteiger partial charge is 0.496 e. The van der Waals surface area contributed by atoms with Crippen LogP contribution in [-0.4, -0.2) is 67.3 Å². The number of piperazine rings is 1. The molecule has 1 aliphatic heterocycles. The average Bonchev–Trinajstić information content (AvgIpc) is 2.47. The van der Waals surface area contributed by atoms with Gasteiger partial charge in [-0.05, 0) is 12.1 Å². The van der Waals surface area contributed by atoms with Gasteiger partial charge in [0.1, 0.15) is 17.1 Å². The van der Waals surface area contributed by atoms with Crippen LogP contribution in [0.3, 0.4) is 0 Å². The number of rotatable bonds is 4. The van der Waals surface area contributed by atoms with Crippen molar-refractivity contribution < 1.29 is 19.0 Å². The molecule has 1 aromatic rings. The van der Waals surface area contributed by atoms with Crippen LogP contribution in [0.4, 0.5) is 4.39 Å². The number of ether oxygens (including phenoxy) is 1. The second-order valence-corrected chi connectivity index (χ2v) is 4.67. The minimum atomic E-state index is -0.563. The second-order valence-electron chi connectivity index (χ2n) is 4.67. The van der Waals surface area contributed by atoms with E-state index >= 15 is 0 Å². The highest BCUT2D eigenvalue weighted by Crippen LogP contribution is 2.23. The molecule has 1 amide bonds. The molecule has 0 radical (unpaired) electrons. The van der Waals surface area contributed by atoms with Gasteiger partial charge in [-0.15, -0.1) is 0 Å². The van der Waals surface area contributed by atoms with Crippen molar-refractivity contribution in [1.29, 1.82) is 0 Å². The lowest BCUT2D eigenvalue weighted by Crippen LogP contribution is -2.49. The van der Waals surface area contributed by atoms with Crippen molar-refractivity contribution in [2.24, 2.45) is 0 Å². The molecule has 1 aromatic carbocycles. The summed E-state index contributed by atoms with van der Waals surface area (Å²) < 4.78 is 18.9. The summed E-state index contributed by atoms with van der Waals surface area (Å²) in [6, 6.07) is 4.36. The minimum absolute atomic E-state index is 0.00870. The highest BCUT2D eigenvalue weighted by Gasteiger charge is 2.26. The summed E-state index contributed by atoms with van der Waals surface area (Å²) in [6.07, 6.45) is 0. The van der Waals surface area contributed by atoms with E-state index in [1.54, 1.807) is 11.0 Å². The Labute approximate surface area is 117 Å². The maximum atomic E-state index is 13.9. The molecule has 110 valence electrons. The Morgan fingerprint density at radius 1 is 1.35 bits per heavy atom. The maximum Gasteiger partial charge on any atom is 0.260 e. The van der Waals surface area contributed by atoms with E-state index in [2.05, 4.69) is 4.90 Å². The van der Waals surface area contributed by atoms with Gasteiger partial charge in [-0.1, -0.05) is 6.07 Å². The third-order valence-electron chi connectivity index (χ3n) is 3.48. The summed E-state index contributed by atoms with van der Waals surface area (Å²) in [5, 5.41) is 8.89. The zero-order valence-corrected chi connectivity index (χ0v) is 11.5. The van der Waals surface area contributed by atoms with Gasteiger partial charge in [-0.25, -0.2) is 4.39 Å². The van der Waals surface area contributed by atoms with Crippen LogP contribution in [-0.2, 0) is 0 Å². The Morgan fingerprint density at radius 2 is 2.05 bits per heavy atom. The first-order valence-electron chi connectivity index (χ1n) is 6.62. The van der Waals surface area contributed by atoms with Crippen molar-refractivity contribution in [1.82, 2.24) is 9.80 Å². The van der Waals surface area contributed by atoms with Gasteiger partial charge in [-0.2, -0.15) is 0 Å². The van der Waals surface area contributed by atoms with Crippen molar-refractivity contribution >= 4 is 5.91 Å². The molecular weight excluding hydrogens is 263 g/mol. The Bertz CT molecular complexity index is 473. The fourth-order valence-corrected chi connectivity index (χ4v) is 2.36. The van der Waals surface area contributed by atoms with Gasteiger partial charge >= 0.3 is 0 Å². The van der Waals surface area contributed by atoms with E-state index < -0.39 is 5.82 Å². The van der Waals surface area contributed by atoms with Gasteiger partial charge in [0.2, 0.25) is 0 Å². The topological polar surface area (TPSA) is 53.0 Å². The quantitative estimate of drug-likeness (QED) is 0.878. The van der Waals surface area contributed by atoms with Crippen molar-refractivity contribution in [2.75, 3.05) is 46.4 Å². The first-order valence-corrected chi connectivity index (χ1v) is 6.62. The van der Waals surface area contributed by atoms with Gasteiger partial charge in [0, 0.05) is 32.7 Å². The number of aliphatic hydroxyl groups is 1. The molecule has 0 spiro atoms. The number of aliphatic hydroxyl groups excluding tert-OH is 1. The van der Waals surface area contributed by atoms with E-state index in [1.165, 1.54) is 19.2 Å². The number of hydrogen-bond donors (Lipinski definition) is 1. The molecule has 6 heteroatoms. The van der Waals surface area contributed by atoms with Crippen LogP contribution in [0, 0.1) is 5.82 Å². The fraction of sp³-hybridized carbons (Fsp3) is 0.500. The number of carbonyl (C=O) groups excluding carboxylic acids is 1. The molecular formula is C14H19FN2O3. The molecule has 0 atom stereocenters. The van der Waals surface area contributed by atoms with Crippen molar-refractivity contribution in [2.45, 2.75) is 0 Å². The lowest BCUT2D eigenvalue weighted by Gasteiger charge is -2.34. The maximum absolute atomic E-state index is 13.9. The number of benzene rings is 1. The number of nitrogens with zero attached hydrogens (tertiary/aromatic N) is 2. The second kappa shape index (κ2) is 6.67. The molecule has 1 fully saturated rings. The molecule has 1 N–H and O–H groups in total. The van der Waals surface area contributed by atoms with Crippen LogP contribution in [0.25, 0.3) is 0 Å². The lowest BCUT2D eigenvalue weighted by molar-refractivity contribution is 0.0607. The molecule has 0 unspecified atom stereocenters. The van der Waals surface area contributed by atoms with E-state index in [0.29, 0.717) is 32.7 Å². The predicted molar refractivity (Wildman–Crippen MR) is 72.4 cm³/mol. The van der Waals surface area contributed by atoms with Crippen LogP contribution in [0.2, 0.25) is 0 Å². The number of carbonyl (C=O) groups is 1. The van der Waals surface area contributed by atoms with Gasteiger partial charge < -0.3 is 14.7 Å². The molecule has 0 bridgehead atoms. The summed E-state index contributed by atoms with van der Waals surface area (Å²) in [6.45, 7) is 3.12. The van der Waals surface area contributed by atoms with Crippen molar-refractivity contribution in [3.8, 4) is 5.75 Å². The summed E-state index contributed by atoms with van der Waals surface area (Å²) in [7, 11) is 1.42. The molecule has 2 rings (SSSR count). The molecule has 20 heavy (non-hydrogen) atoms. The third kappa shape index (κ3) is 3.08. The molecule has 0 saturated carbocycles. The molecule has 1 heterocycles. The molecule has 0 aromatic heterocycles. The summed E-state index contributed by atoms with van der Waals surface area (Å²) in [5.74, 6) is -0.650. The van der Waals surface area contributed by atoms with E-state index in [4.69, 9.17) is 9.84 Å². The Balaban J connectivity index is 2.09. The first-order chi connectivity index (χ1) is 9.67. The van der Waals surface area contributed by atoms with Crippen LogP contribution >= 0.6 is 0 Å². The lowest BCUT2D eigenvalue weighted by atomic mass is 10.1. The van der Waals surface area contributed by atoms with Gasteiger partial charge in [0.05, 0.1) is 13.7 Å². The van der Waals surface area contributed by atoms with E-state index in [9.17, 15) is 9.18 Å². The van der Waals surface area contributed by atoms with Gasteiger partial charge in [0.15, 0.2) is 0 Å². The number of methoxy groups -OCH3 is 1. The molecule has 1 saturated heterocycles. The van der Waals surface area contributed by atoms with Crippen LogP contribution in [0.1, 0.15) is 10.4 Å². The highest BCUT2D eigenvalue weighted by molar-refractivity contribution is 5.97. The molecule has 5 nitrogen and oxygen atoms in total. The number of amides is 1. The Morgan fingerprint density at radius 3 is 2.65 bits per heavy atom. The zero-order chi connectivity index (χ0) is 14.5. The Hall–Kier alpha value is -1.66. The number of halogens is 1. The summed E-state index contributed by atoms with van der Waals surface area (Å²) >= 11 is 0. The summed E-state index contributed by atoms with van der Waals surface area (Å²) in [4.78, 5) is 16.1. The standard InChI is InChI=1S/C14H19FN2O3/c1-20-12-4-2-3-11(15)13(12)14(19)17-7-5-16(6-8-17)9-10-18/h2-4,18H,5-10H2,1H3. The van der Waals surface area contributed by atoms with Gasteiger partial charge in [0.25, 0.3) is 5.91 Å². The summed E-state index contributed by atoms with van der Waals surface area (Å²) in [5.41, 5.74) is -0.00870. The van der Waals surface area contributed by atoms with E-state index in [-0.39, 0.29) is 23.8 Å². The van der Waals surface area contributed by atoms with Crippen LogP contribution in [0.15, 0.2) is 18.2 Å². The van der Waals surface area contributed by atoms with Crippen molar-refractivity contribution in [3.63, 3.8) is 0 Å². The monoisotopic (exact) mass is 282 g/mol. The van der Waals surface area contributed by atoms with E-state index in [1.807, 2.05) is 0 Å². The SMILES string of the molecule is COc1cccc(F)c1C(=O)N1CCN(CCO)CC1. The molecule has 1 aliphatic rings.